The summed E-state index contributed by atoms with van der Waals surface area (Å²) in [5, 5.41) is 2.92. The Morgan fingerprint density at radius 3 is 2.76 bits per heavy atom. The van der Waals surface area contributed by atoms with E-state index in [9.17, 15) is 4.79 Å². The van der Waals surface area contributed by atoms with Crippen LogP contribution in [0.25, 0.3) is 0 Å². The van der Waals surface area contributed by atoms with E-state index < -0.39 is 0 Å². The van der Waals surface area contributed by atoms with Crippen molar-refractivity contribution in [1.29, 1.82) is 0 Å². The number of nitrogens with one attached hydrogen (secondary N) is 1. The SMILES string of the molecule is COc1ccc(C)cc1NC(=O)c1cc(N2CCCc3ccccc32)nc(C)n1. The molecule has 1 N–H and O–H groups in total. The fraction of sp³-hybridized carbons (Fsp3) is 0.261. The van der Waals surface area contributed by atoms with Crippen LogP contribution in [-0.2, 0) is 6.42 Å². The van der Waals surface area contributed by atoms with Gasteiger partial charge in [-0.1, -0.05) is 24.3 Å². The average molecular weight is 388 g/mol. The number of hydrogen-bond acceptors (Lipinski definition) is 5. The van der Waals surface area contributed by atoms with Crippen molar-refractivity contribution in [3.8, 4) is 5.75 Å². The highest BCUT2D eigenvalue weighted by molar-refractivity contribution is 6.04. The van der Waals surface area contributed by atoms with Gasteiger partial charge in [-0.15, -0.1) is 0 Å². The molecule has 1 aliphatic rings. The zero-order valence-electron chi connectivity index (χ0n) is 16.9. The van der Waals surface area contributed by atoms with Crippen LogP contribution in [0, 0.1) is 13.8 Å². The Labute approximate surface area is 170 Å². The summed E-state index contributed by atoms with van der Waals surface area (Å²) in [6.07, 6.45) is 2.10. The van der Waals surface area contributed by atoms with Gasteiger partial charge >= 0.3 is 0 Å². The standard InChI is InChI=1S/C23H24N4O2/c1-15-10-11-21(29-3)18(13-15)26-23(28)19-14-22(25-16(2)24-19)27-12-6-8-17-7-4-5-9-20(17)27/h4-5,7,9-11,13-14H,6,8,12H2,1-3H3,(H,26,28). The topological polar surface area (TPSA) is 67.3 Å². The highest BCUT2D eigenvalue weighted by Crippen LogP contribution is 2.32. The van der Waals surface area contributed by atoms with Crippen molar-refractivity contribution in [1.82, 2.24) is 9.97 Å². The van der Waals surface area contributed by atoms with Crippen LogP contribution >= 0.6 is 0 Å². The number of nitrogens with zero attached hydrogens (tertiary/aromatic N) is 3. The Morgan fingerprint density at radius 1 is 1.10 bits per heavy atom. The summed E-state index contributed by atoms with van der Waals surface area (Å²) >= 11 is 0. The molecule has 0 spiro atoms. The van der Waals surface area contributed by atoms with Gasteiger partial charge in [0.25, 0.3) is 5.91 Å². The van der Waals surface area contributed by atoms with Gasteiger partial charge in [0, 0.05) is 18.3 Å². The average Bonchev–Trinajstić information content (AvgIpc) is 2.73. The van der Waals surface area contributed by atoms with Crippen LogP contribution in [0.5, 0.6) is 5.75 Å². The quantitative estimate of drug-likeness (QED) is 0.716. The molecule has 0 saturated heterocycles. The van der Waals surface area contributed by atoms with Crippen LogP contribution in [0.3, 0.4) is 0 Å². The van der Waals surface area contributed by atoms with E-state index in [1.165, 1.54) is 5.56 Å². The lowest BCUT2D eigenvalue weighted by atomic mass is 10.0. The van der Waals surface area contributed by atoms with E-state index in [1.807, 2.05) is 38.1 Å². The predicted molar refractivity (Wildman–Crippen MR) is 114 cm³/mol. The molecule has 0 bridgehead atoms. The first-order valence-corrected chi connectivity index (χ1v) is 9.72. The molecular formula is C23H24N4O2. The van der Waals surface area contributed by atoms with Gasteiger partial charge in [0.1, 0.15) is 23.1 Å². The number of fused-ring (bicyclic) bond motifs is 1. The van der Waals surface area contributed by atoms with Crippen molar-refractivity contribution in [3.63, 3.8) is 0 Å². The summed E-state index contributed by atoms with van der Waals surface area (Å²) in [6.45, 7) is 4.64. The fourth-order valence-corrected chi connectivity index (χ4v) is 3.68. The van der Waals surface area contributed by atoms with Crippen molar-refractivity contribution < 1.29 is 9.53 Å². The third kappa shape index (κ3) is 3.92. The van der Waals surface area contributed by atoms with Gasteiger partial charge in [0.2, 0.25) is 0 Å². The van der Waals surface area contributed by atoms with Gasteiger partial charge in [0.05, 0.1) is 12.8 Å². The molecule has 148 valence electrons. The Bertz CT molecular complexity index is 1060. The van der Waals surface area contributed by atoms with E-state index in [0.717, 1.165) is 36.5 Å². The van der Waals surface area contributed by atoms with Crippen LogP contribution in [0.1, 0.15) is 33.9 Å². The number of aromatic nitrogens is 2. The van der Waals surface area contributed by atoms with Crippen molar-refractivity contribution in [2.75, 3.05) is 23.9 Å². The highest BCUT2D eigenvalue weighted by atomic mass is 16.5. The minimum absolute atomic E-state index is 0.286. The van der Waals surface area contributed by atoms with E-state index in [1.54, 1.807) is 13.2 Å². The lowest BCUT2D eigenvalue weighted by molar-refractivity contribution is 0.102. The van der Waals surface area contributed by atoms with Gasteiger partial charge in [-0.05, 0) is 56.0 Å². The van der Waals surface area contributed by atoms with E-state index in [2.05, 4.69) is 38.4 Å². The summed E-state index contributed by atoms with van der Waals surface area (Å²) in [6, 6.07) is 15.8. The van der Waals surface area contributed by atoms with Gasteiger partial charge in [-0.25, -0.2) is 9.97 Å². The molecule has 1 aliphatic heterocycles. The third-order valence-corrected chi connectivity index (χ3v) is 5.05. The Morgan fingerprint density at radius 2 is 1.93 bits per heavy atom. The van der Waals surface area contributed by atoms with E-state index in [0.29, 0.717) is 23.0 Å². The van der Waals surface area contributed by atoms with Crippen molar-refractivity contribution in [3.05, 3.63) is 71.2 Å². The molecule has 1 amide bonds. The van der Waals surface area contributed by atoms with E-state index >= 15 is 0 Å². The monoisotopic (exact) mass is 388 g/mol. The molecule has 6 heteroatoms. The first-order valence-electron chi connectivity index (χ1n) is 9.72. The summed E-state index contributed by atoms with van der Waals surface area (Å²) in [5.74, 6) is 1.63. The first kappa shape index (κ1) is 18.9. The minimum Gasteiger partial charge on any atom is -0.495 e. The summed E-state index contributed by atoms with van der Waals surface area (Å²) in [4.78, 5) is 24.1. The molecule has 1 aromatic heterocycles. The summed E-state index contributed by atoms with van der Waals surface area (Å²) < 4.78 is 5.36. The maximum absolute atomic E-state index is 13.0. The van der Waals surface area contributed by atoms with Crippen molar-refractivity contribution in [2.24, 2.45) is 0 Å². The minimum atomic E-state index is -0.286. The number of aryl methyl sites for hydroxylation is 3. The second-order valence-electron chi connectivity index (χ2n) is 7.20. The molecule has 29 heavy (non-hydrogen) atoms. The van der Waals surface area contributed by atoms with Gasteiger partial charge in [-0.2, -0.15) is 0 Å². The number of hydrogen-bond donors (Lipinski definition) is 1. The largest absolute Gasteiger partial charge is 0.495 e. The number of ether oxygens (including phenoxy) is 1. The van der Waals surface area contributed by atoms with E-state index in [4.69, 9.17) is 4.74 Å². The van der Waals surface area contributed by atoms with Crippen LogP contribution in [0.4, 0.5) is 17.2 Å². The van der Waals surface area contributed by atoms with Crippen LogP contribution < -0.4 is 15.0 Å². The molecule has 0 fully saturated rings. The van der Waals surface area contributed by atoms with Gasteiger partial charge in [-0.3, -0.25) is 4.79 Å². The Kier molecular flexibility index (Phi) is 5.16. The normalized spacial score (nSPS) is 13.0. The van der Waals surface area contributed by atoms with Crippen LogP contribution in [-0.4, -0.2) is 29.5 Å². The molecule has 4 rings (SSSR count). The van der Waals surface area contributed by atoms with Crippen LogP contribution in [0.15, 0.2) is 48.5 Å². The smallest absolute Gasteiger partial charge is 0.274 e. The number of benzene rings is 2. The van der Waals surface area contributed by atoms with Crippen molar-refractivity contribution in [2.45, 2.75) is 26.7 Å². The fourth-order valence-electron chi connectivity index (χ4n) is 3.68. The summed E-state index contributed by atoms with van der Waals surface area (Å²) in [7, 11) is 1.58. The number of amides is 1. The molecule has 0 aliphatic carbocycles. The third-order valence-electron chi connectivity index (χ3n) is 5.05. The van der Waals surface area contributed by atoms with Gasteiger partial charge < -0.3 is 15.0 Å². The number of carbonyl (C=O) groups excluding carboxylic acids is 1. The zero-order chi connectivity index (χ0) is 20.4. The molecule has 2 heterocycles. The zero-order valence-corrected chi connectivity index (χ0v) is 16.9. The molecule has 0 saturated carbocycles. The molecule has 6 nitrogen and oxygen atoms in total. The molecule has 0 atom stereocenters. The van der Waals surface area contributed by atoms with Crippen LogP contribution in [0.2, 0.25) is 0 Å². The maximum atomic E-state index is 13.0. The Balaban J connectivity index is 1.66. The number of carbonyl (C=O) groups is 1. The second-order valence-corrected chi connectivity index (χ2v) is 7.20. The lowest BCUT2D eigenvalue weighted by Crippen LogP contribution is -2.26. The molecular weight excluding hydrogens is 364 g/mol. The second kappa shape index (κ2) is 7.91. The molecule has 2 aromatic carbocycles. The first-order chi connectivity index (χ1) is 14.0. The van der Waals surface area contributed by atoms with Crippen molar-refractivity contribution >= 4 is 23.1 Å². The number of anilines is 3. The molecule has 0 unspecified atom stereocenters. The number of para-hydroxylation sites is 1. The van der Waals surface area contributed by atoms with Gasteiger partial charge in [0.15, 0.2) is 0 Å². The summed E-state index contributed by atoms with van der Waals surface area (Å²) in [5.41, 5.74) is 4.43. The maximum Gasteiger partial charge on any atom is 0.274 e. The Hall–Kier alpha value is -3.41. The highest BCUT2D eigenvalue weighted by Gasteiger charge is 2.21. The van der Waals surface area contributed by atoms with E-state index in [-0.39, 0.29) is 5.91 Å². The number of methoxy groups -OCH3 is 1. The predicted octanol–water partition coefficient (Wildman–Crippen LogP) is 4.44. The molecule has 0 radical (unpaired) electrons. The lowest BCUT2D eigenvalue weighted by Gasteiger charge is -2.30. The number of rotatable bonds is 4. The molecule has 3 aromatic rings.